The fraction of sp³-hybridized carbons (Fsp3) is 0.923. The molecule has 0 spiro atoms. The largest absolute Gasteiger partial charge is 0.383 e. The molecule has 2 aliphatic rings. The third-order valence-electron chi connectivity index (χ3n) is 4.04. The van der Waals surface area contributed by atoms with E-state index in [1.54, 1.807) is 7.11 Å². The molecule has 1 aliphatic carbocycles. The van der Waals surface area contributed by atoms with Crippen molar-refractivity contribution in [2.75, 3.05) is 46.9 Å². The molecule has 0 aromatic rings. The number of rotatable bonds is 5. The van der Waals surface area contributed by atoms with Crippen LogP contribution in [-0.2, 0) is 9.53 Å². The van der Waals surface area contributed by atoms with Gasteiger partial charge in [-0.3, -0.25) is 9.69 Å². The predicted molar refractivity (Wildman–Crippen MR) is 66.8 cm³/mol. The summed E-state index contributed by atoms with van der Waals surface area (Å²) in [4.78, 5) is 16.3. The Morgan fingerprint density at radius 1 is 1.35 bits per heavy atom. The van der Waals surface area contributed by atoms with Crippen molar-refractivity contribution in [2.24, 2.45) is 11.8 Å². The number of ether oxygens (including phenoxy) is 1. The molecular weight excluding hydrogens is 216 g/mol. The van der Waals surface area contributed by atoms with E-state index in [1.807, 2.05) is 11.9 Å². The Bertz CT molecular complexity index is 258. The van der Waals surface area contributed by atoms with E-state index in [1.165, 1.54) is 19.3 Å². The maximum Gasteiger partial charge on any atom is 0.236 e. The van der Waals surface area contributed by atoms with Crippen molar-refractivity contribution in [2.45, 2.75) is 19.3 Å². The lowest BCUT2D eigenvalue weighted by molar-refractivity contribution is -0.134. The summed E-state index contributed by atoms with van der Waals surface area (Å²) in [7, 11) is 3.67. The van der Waals surface area contributed by atoms with Crippen LogP contribution in [0.2, 0.25) is 0 Å². The molecule has 4 heteroatoms. The van der Waals surface area contributed by atoms with Gasteiger partial charge >= 0.3 is 0 Å². The van der Waals surface area contributed by atoms with Crippen LogP contribution in [0.1, 0.15) is 19.3 Å². The molecule has 1 saturated carbocycles. The molecule has 2 atom stereocenters. The average molecular weight is 240 g/mol. The van der Waals surface area contributed by atoms with E-state index in [0.717, 1.165) is 31.5 Å². The lowest BCUT2D eigenvalue weighted by Gasteiger charge is -2.33. The minimum absolute atomic E-state index is 0.292. The highest BCUT2D eigenvalue weighted by molar-refractivity contribution is 5.78. The predicted octanol–water partition coefficient (Wildman–Crippen LogP) is 0.823. The number of nitrogens with zero attached hydrogens (tertiary/aromatic N) is 2. The van der Waals surface area contributed by atoms with E-state index in [4.69, 9.17) is 4.74 Å². The zero-order valence-electron chi connectivity index (χ0n) is 11.0. The van der Waals surface area contributed by atoms with Crippen LogP contribution in [0.3, 0.4) is 0 Å². The fourth-order valence-electron chi connectivity index (χ4n) is 3.07. The van der Waals surface area contributed by atoms with E-state index in [-0.39, 0.29) is 0 Å². The summed E-state index contributed by atoms with van der Waals surface area (Å²) in [6.45, 7) is 4.03. The van der Waals surface area contributed by atoms with Crippen molar-refractivity contribution in [3.8, 4) is 0 Å². The van der Waals surface area contributed by atoms with Gasteiger partial charge in [-0.2, -0.15) is 0 Å². The van der Waals surface area contributed by atoms with Gasteiger partial charge in [0.05, 0.1) is 13.2 Å². The molecule has 98 valence electrons. The lowest BCUT2D eigenvalue weighted by Crippen LogP contribution is -2.45. The Morgan fingerprint density at radius 2 is 2.00 bits per heavy atom. The van der Waals surface area contributed by atoms with Crippen LogP contribution in [0, 0.1) is 11.8 Å². The van der Waals surface area contributed by atoms with Crippen molar-refractivity contribution < 1.29 is 9.53 Å². The molecule has 0 unspecified atom stereocenters. The molecule has 2 rings (SSSR count). The molecule has 1 amide bonds. The molecule has 0 radical (unpaired) electrons. The highest BCUT2D eigenvalue weighted by Gasteiger charge is 2.34. The monoisotopic (exact) mass is 240 g/mol. The number of methoxy groups -OCH3 is 1. The number of hydrogen-bond acceptors (Lipinski definition) is 3. The number of carbonyl (C=O) groups excluding carboxylic acids is 1. The van der Waals surface area contributed by atoms with E-state index in [9.17, 15) is 4.79 Å². The van der Waals surface area contributed by atoms with E-state index < -0.39 is 0 Å². The number of piperidine rings is 1. The molecule has 2 bridgehead atoms. The van der Waals surface area contributed by atoms with Crippen LogP contribution in [0.5, 0.6) is 0 Å². The molecule has 1 heterocycles. The van der Waals surface area contributed by atoms with E-state index in [0.29, 0.717) is 19.1 Å². The summed E-state index contributed by atoms with van der Waals surface area (Å²) in [5.74, 6) is 1.85. The zero-order valence-corrected chi connectivity index (χ0v) is 11.0. The standard InChI is InChI=1S/C13H24N2O2/c1-14(5-6-17-2)10-13(16)15-8-11-3-4-12(7-11)9-15/h11-12H,3-10H2,1-2H3/t11-,12+. The molecule has 17 heavy (non-hydrogen) atoms. The second-order valence-electron chi connectivity index (χ2n) is 5.57. The molecule has 4 nitrogen and oxygen atoms in total. The topological polar surface area (TPSA) is 32.8 Å². The molecule has 2 fully saturated rings. The number of fused-ring (bicyclic) bond motifs is 2. The van der Waals surface area contributed by atoms with Gasteiger partial charge in [0.25, 0.3) is 0 Å². The average Bonchev–Trinajstić information content (AvgIpc) is 2.65. The Kier molecular flexibility index (Phi) is 4.40. The first kappa shape index (κ1) is 12.8. The van der Waals surface area contributed by atoms with Crippen molar-refractivity contribution in [3.63, 3.8) is 0 Å². The van der Waals surface area contributed by atoms with Crippen molar-refractivity contribution in [1.29, 1.82) is 0 Å². The molecule has 0 N–H and O–H groups in total. The van der Waals surface area contributed by atoms with E-state index in [2.05, 4.69) is 4.90 Å². The van der Waals surface area contributed by atoms with Crippen LogP contribution in [0.25, 0.3) is 0 Å². The summed E-state index contributed by atoms with van der Waals surface area (Å²) < 4.78 is 5.02. The van der Waals surface area contributed by atoms with Gasteiger partial charge in [-0.25, -0.2) is 0 Å². The quantitative estimate of drug-likeness (QED) is 0.713. The molecular formula is C13H24N2O2. The van der Waals surface area contributed by atoms with Crippen LogP contribution >= 0.6 is 0 Å². The first-order valence-electron chi connectivity index (χ1n) is 6.64. The van der Waals surface area contributed by atoms with Gasteiger partial charge in [0.15, 0.2) is 0 Å². The Balaban J connectivity index is 1.76. The zero-order chi connectivity index (χ0) is 12.3. The smallest absolute Gasteiger partial charge is 0.236 e. The maximum atomic E-state index is 12.1. The van der Waals surface area contributed by atoms with Gasteiger partial charge in [-0.1, -0.05) is 0 Å². The first-order chi connectivity index (χ1) is 8.19. The number of amides is 1. The van der Waals surface area contributed by atoms with Gasteiger partial charge in [-0.05, 0) is 38.1 Å². The SMILES string of the molecule is COCCN(C)CC(=O)N1C[C@@H]2CC[C@@H](C2)C1. The normalized spacial score (nSPS) is 27.8. The van der Waals surface area contributed by atoms with Gasteiger partial charge in [0.2, 0.25) is 5.91 Å². The van der Waals surface area contributed by atoms with Crippen LogP contribution in [0.15, 0.2) is 0 Å². The highest BCUT2D eigenvalue weighted by atomic mass is 16.5. The summed E-state index contributed by atoms with van der Waals surface area (Å²) in [6.07, 6.45) is 4.01. The van der Waals surface area contributed by atoms with Gasteiger partial charge in [0, 0.05) is 26.7 Å². The molecule has 1 saturated heterocycles. The van der Waals surface area contributed by atoms with Crippen LogP contribution in [-0.4, -0.2) is 62.7 Å². The Labute approximate surface area is 104 Å². The summed E-state index contributed by atoms with van der Waals surface area (Å²) in [5, 5.41) is 0. The van der Waals surface area contributed by atoms with Gasteiger partial charge in [-0.15, -0.1) is 0 Å². The second kappa shape index (κ2) is 5.83. The minimum atomic E-state index is 0.292. The third kappa shape index (κ3) is 3.42. The van der Waals surface area contributed by atoms with Gasteiger partial charge < -0.3 is 9.64 Å². The number of carbonyl (C=O) groups is 1. The first-order valence-corrected chi connectivity index (χ1v) is 6.64. The maximum absolute atomic E-state index is 12.1. The van der Waals surface area contributed by atoms with Crippen molar-refractivity contribution >= 4 is 5.91 Å². The molecule has 0 aromatic carbocycles. The van der Waals surface area contributed by atoms with Gasteiger partial charge in [0.1, 0.15) is 0 Å². The molecule has 0 aromatic heterocycles. The third-order valence-corrected chi connectivity index (χ3v) is 4.04. The Hall–Kier alpha value is -0.610. The highest BCUT2D eigenvalue weighted by Crippen LogP contribution is 2.36. The van der Waals surface area contributed by atoms with Crippen LogP contribution in [0.4, 0.5) is 0 Å². The fourth-order valence-corrected chi connectivity index (χ4v) is 3.07. The van der Waals surface area contributed by atoms with Crippen LogP contribution < -0.4 is 0 Å². The van der Waals surface area contributed by atoms with E-state index >= 15 is 0 Å². The molecule has 1 aliphatic heterocycles. The van der Waals surface area contributed by atoms with Crippen molar-refractivity contribution in [1.82, 2.24) is 9.80 Å². The second-order valence-corrected chi connectivity index (χ2v) is 5.57. The van der Waals surface area contributed by atoms with Crippen molar-refractivity contribution in [3.05, 3.63) is 0 Å². The lowest BCUT2D eigenvalue weighted by atomic mass is 9.99. The summed E-state index contributed by atoms with van der Waals surface area (Å²) >= 11 is 0. The number of likely N-dealkylation sites (tertiary alicyclic amines) is 1. The Morgan fingerprint density at radius 3 is 2.59 bits per heavy atom. The summed E-state index contributed by atoms with van der Waals surface area (Å²) in [5.41, 5.74) is 0. The summed E-state index contributed by atoms with van der Waals surface area (Å²) in [6, 6.07) is 0. The minimum Gasteiger partial charge on any atom is -0.383 e. The number of likely N-dealkylation sites (N-methyl/N-ethyl adjacent to an activating group) is 1. The number of hydrogen-bond donors (Lipinski definition) is 0.